The van der Waals surface area contributed by atoms with E-state index >= 15 is 0 Å². The van der Waals surface area contributed by atoms with Gasteiger partial charge in [-0.25, -0.2) is 0 Å². The summed E-state index contributed by atoms with van der Waals surface area (Å²) in [6.45, 7) is 0. The highest BCUT2D eigenvalue weighted by Gasteiger charge is 2.09. The van der Waals surface area contributed by atoms with Gasteiger partial charge in [-0.2, -0.15) is 0 Å². The summed E-state index contributed by atoms with van der Waals surface area (Å²) >= 11 is 4.19. The third-order valence-corrected chi connectivity index (χ3v) is 3.07. The first-order valence-electron chi connectivity index (χ1n) is 5.96. The number of anilines is 1. The Morgan fingerprint density at radius 1 is 1.00 bits per heavy atom. The number of nitrogens with one attached hydrogen (secondary N) is 1. The number of carbonyl (C=O) groups excluding carboxylic acids is 1. The molecule has 1 amide bonds. The molecule has 0 saturated heterocycles. The molecule has 0 saturated carbocycles. The molecule has 0 spiro atoms. The zero-order valence-corrected chi connectivity index (χ0v) is 12.1. The van der Waals surface area contributed by atoms with Gasteiger partial charge in [-0.1, -0.05) is 0 Å². The van der Waals surface area contributed by atoms with E-state index in [1.165, 1.54) is 0 Å². The number of hydrogen-bond acceptors (Lipinski definition) is 4. The van der Waals surface area contributed by atoms with E-state index in [1.54, 1.807) is 56.7 Å². The van der Waals surface area contributed by atoms with Gasteiger partial charge in [0.15, 0.2) is 11.5 Å². The zero-order chi connectivity index (χ0) is 14.5. The number of hydrogen-bond donors (Lipinski definition) is 2. The van der Waals surface area contributed by atoms with Crippen LogP contribution in [-0.2, 0) is 0 Å². The van der Waals surface area contributed by atoms with E-state index in [0.29, 0.717) is 22.7 Å². The number of carbonyl (C=O) groups is 1. The molecular formula is C15H15NO3S. The second-order valence-corrected chi connectivity index (χ2v) is 4.59. The quantitative estimate of drug-likeness (QED) is 0.849. The van der Waals surface area contributed by atoms with E-state index in [2.05, 4.69) is 17.9 Å². The molecule has 104 valence electrons. The Labute approximate surface area is 123 Å². The minimum atomic E-state index is -0.189. The second kappa shape index (κ2) is 6.34. The lowest BCUT2D eigenvalue weighted by Gasteiger charge is -2.10. The van der Waals surface area contributed by atoms with Crippen molar-refractivity contribution in [3.63, 3.8) is 0 Å². The van der Waals surface area contributed by atoms with Crippen molar-refractivity contribution in [1.29, 1.82) is 0 Å². The molecular weight excluding hydrogens is 274 g/mol. The Hall–Kier alpha value is -2.14. The summed E-state index contributed by atoms with van der Waals surface area (Å²) in [7, 11) is 3.12. The summed E-state index contributed by atoms with van der Waals surface area (Å²) in [5, 5.41) is 2.80. The van der Waals surface area contributed by atoms with Crippen LogP contribution in [0.3, 0.4) is 0 Å². The van der Waals surface area contributed by atoms with Crippen molar-refractivity contribution in [2.45, 2.75) is 4.90 Å². The van der Waals surface area contributed by atoms with Crippen molar-refractivity contribution in [1.82, 2.24) is 0 Å². The number of ether oxygens (including phenoxy) is 2. The SMILES string of the molecule is COc1ccc(NC(=O)c2ccc(S)cc2)cc1OC. The van der Waals surface area contributed by atoms with E-state index in [9.17, 15) is 4.79 Å². The predicted molar refractivity (Wildman–Crippen MR) is 81.2 cm³/mol. The monoisotopic (exact) mass is 289 g/mol. The molecule has 0 unspecified atom stereocenters. The van der Waals surface area contributed by atoms with E-state index in [-0.39, 0.29) is 5.91 Å². The van der Waals surface area contributed by atoms with Gasteiger partial charge in [0.25, 0.3) is 5.91 Å². The van der Waals surface area contributed by atoms with Crippen LogP contribution in [0.15, 0.2) is 47.4 Å². The van der Waals surface area contributed by atoms with E-state index in [4.69, 9.17) is 9.47 Å². The van der Waals surface area contributed by atoms with Crippen molar-refractivity contribution in [2.24, 2.45) is 0 Å². The van der Waals surface area contributed by atoms with Crippen LogP contribution in [0.2, 0.25) is 0 Å². The van der Waals surface area contributed by atoms with Crippen molar-refractivity contribution in [3.8, 4) is 11.5 Å². The van der Waals surface area contributed by atoms with Crippen LogP contribution in [0.25, 0.3) is 0 Å². The minimum absolute atomic E-state index is 0.189. The maximum atomic E-state index is 12.1. The van der Waals surface area contributed by atoms with Crippen molar-refractivity contribution in [2.75, 3.05) is 19.5 Å². The summed E-state index contributed by atoms with van der Waals surface area (Å²) in [5.74, 6) is 0.992. The molecule has 0 bridgehead atoms. The molecule has 5 heteroatoms. The lowest BCUT2D eigenvalue weighted by atomic mass is 10.2. The van der Waals surface area contributed by atoms with Gasteiger partial charge < -0.3 is 14.8 Å². The van der Waals surface area contributed by atoms with E-state index in [1.807, 2.05) is 0 Å². The largest absolute Gasteiger partial charge is 0.493 e. The van der Waals surface area contributed by atoms with Crippen molar-refractivity contribution in [3.05, 3.63) is 48.0 Å². The van der Waals surface area contributed by atoms with Crippen LogP contribution in [0, 0.1) is 0 Å². The van der Waals surface area contributed by atoms with Gasteiger partial charge in [0.05, 0.1) is 14.2 Å². The van der Waals surface area contributed by atoms with Crippen molar-refractivity contribution >= 4 is 24.2 Å². The van der Waals surface area contributed by atoms with Crippen LogP contribution in [0.5, 0.6) is 11.5 Å². The van der Waals surface area contributed by atoms with Gasteiger partial charge in [0.1, 0.15) is 0 Å². The van der Waals surface area contributed by atoms with Gasteiger partial charge in [-0.15, -0.1) is 12.6 Å². The third kappa shape index (κ3) is 3.24. The van der Waals surface area contributed by atoms with Crippen molar-refractivity contribution < 1.29 is 14.3 Å². The lowest BCUT2D eigenvalue weighted by Crippen LogP contribution is -2.11. The molecule has 0 atom stereocenters. The summed E-state index contributed by atoms with van der Waals surface area (Å²) in [5.41, 5.74) is 1.21. The molecule has 0 radical (unpaired) electrons. The zero-order valence-electron chi connectivity index (χ0n) is 11.2. The number of thiol groups is 1. The maximum Gasteiger partial charge on any atom is 0.255 e. The molecule has 1 N–H and O–H groups in total. The summed E-state index contributed by atoms with van der Waals surface area (Å²) in [6.07, 6.45) is 0. The normalized spacial score (nSPS) is 9.95. The molecule has 0 aromatic heterocycles. The van der Waals surface area contributed by atoms with Gasteiger partial charge in [-0.05, 0) is 36.4 Å². The van der Waals surface area contributed by atoms with Gasteiger partial charge >= 0.3 is 0 Å². The fourth-order valence-corrected chi connectivity index (χ4v) is 1.88. The number of methoxy groups -OCH3 is 2. The number of benzene rings is 2. The lowest BCUT2D eigenvalue weighted by molar-refractivity contribution is 0.102. The Bertz CT molecular complexity index is 611. The Kier molecular flexibility index (Phi) is 4.53. The molecule has 2 aromatic carbocycles. The maximum absolute atomic E-state index is 12.1. The molecule has 0 aliphatic heterocycles. The van der Waals surface area contributed by atoms with Gasteiger partial charge in [0, 0.05) is 22.2 Å². The number of amides is 1. The highest BCUT2D eigenvalue weighted by Crippen LogP contribution is 2.29. The van der Waals surface area contributed by atoms with Crippen LogP contribution < -0.4 is 14.8 Å². The molecule has 20 heavy (non-hydrogen) atoms. The molecule has 2 aromatic rings. The Morgan fingerprint density at radius 3 is 2.25 bits per heavy atom. The molecule has 0 aliphatic rings. The highest BCUT2D eigenvalue weighted by atomic mass is 32.1. The first-order chi connectivity index (χ1) is 9.63. The Morgan fingerprint density at radius 2 is 1.65 bits per heavy atom. The standard InChI is InChI=1S/C15H15NO3S/c1-18-13-8-5-11(9-14(13)19-2)16-15(17)10-3-6-12(20)7-4-10/h3-9,20H,1-2H3,(H,16,17). The fourth-order valence-electron chi connectivity index (χ4n) is 1.73. The molecule has 0 aliphatic carbocycles. The predicted octanol–water partition coefficient (Wildman–Crippen LogP) is 3.24. The van der Waals surface area contributed by atoms with Crippen LogP contribution >= 0.6 is 12.6 Å². The third-order valence-electron chi connectivity index (χ3n) is 2.77. The topological polar surface area (TPSA) is 47.6 Å². The minimum Gasteiger partial charge on any atom is -0.493 e. The van der Waals surface area contributed by atoms with Crippen LogP contribution in [0.1, 0.15) is 10.4 Å². The van der Waals surface area contributed by atoms with E-state index in [0.717, 1.165) is 4.90 Å². The first kappa shape index (κ1) is 14.3. The highest BCUT2D eigenvalue weighted by molar-refractivity contribution is 7.80. The average Bonchev–Trinajstić information content (AvgIpc) is 2.47. The summed E-state index contributed by atoms with van der Waals surface area (Å²) < 4.78 is 10.3. The van der Waals surface area contributed by atoms with Crippen LogP contribution in [0.4, 0.5) is 5.69 Å². The average molecular weight is 289 g/mol. The molecule has 2 rings (SSSR count). The second-order valence-electron chi connectivity index (χ2n) is 4.07. The van der Waals surface area contributed by atoms with E-state index < -0.39 is 0 Å². The van der Waals surface area contributed by atoms with Gasteiger partial charge in [0.2, 0.25) is 0 Å². The first-order valence-corrected chi connectivity index (χ1v) is 6.41. The summed E-state index contributed by atoms with van der Waals surface area (Å²) in [4.78, 5) is 12.9. The van der Waals surface area contributed by atoms with Crippen LogP contribution in [-0.4, -0.2) is 20.1 Å². The molecule has 4 nitrogen and oxygen atoms in total. The smallest absolute Gasteiger partial charge is 0.255 e. The fraction of sp³-hybridized carbons (Fsp3) is 0.133. The summed E-state index contributed by atoms with van der Waals surface area (Å²) in [6, 6.07) is 12.2. The molecule has 0 fully saturated rings. The number of rotatable bonds is 4. The Balaban J connectivity index is 2.17. The molecule has 0 heterocycles. The van der Waals surface area contributed by atoms with Gasteiger partial charge in [-0.3, -0.25) is 4.79 Å².